The molecule has 0 atom stereocenters. The van der Waals surface area contributed by atoms with Gasteiger partial charge in [0.05, 0.1) is 5.69 Å². The summed E-state index contributed by atoms with van der Waals surface area (Å²) in [6.45, 7) is 0. The third-order valence-corrected chi connectivity index (χ3v) is 1.91. The SMILES string of the molecule is Sc1ccccc1N(S)S. The van der Waals surface area contributed by atoms with Gasteiger partial charge in [-0.15, -0.1) is 12.6 Å². The van der Waals surface area contributed by atoms with Crippen molar-refractivity contribution in [1.82, 2.24) is 0 Å². The van der Waals surface area contributed by atoms with Crippen molar-refractivity contribution in [2.45, 2.75) is 4.90 Å². The lowest BCUT2D eigenvalue weighted by atomic mass is 10.3. The molecule has 1 nitrogen and oxygen atoms in total. The van der Waals surface area contributed by atoms with Crippen LogP contribution in [0, 0.1) is 0 Å². The topological polar surface area (TPSA) is 3.24 Å². The number of thiol groups is 3. The molecule has 0 aliphatic carbocycles. The van der Waals surface area contributed by atoms with Crippen LogP contribution in [0.1, 0.15) is 0 Å². The van der Waals surface area contributed by atoms with Gasteiger partial charge in [0.1, 0.15) is 0 Å². The van der Waals surface area contributed by atoms with Crippen molar-refractivity contribution >= 4 is 43.9 Å². The lowest BCUT2D eigenvalue weighted by Crippen LogP contribution is -1.92. The molecule has 0 unspecified atom stereocenters. The third kappa shape index (κ3) is 1.78. The summed E-state index contributed by atoms with van der Waals surface area (Å²) in [4.78, 5) is 0.868. The zero-order valence-electron chi connectivity index (χ0n) is 5.10. The highest BCUT2D eigenvalue weighted by Gasteiger charge is 1.98. The smallest absolute Gasteiger partial charge is 0.0721 e. The summed E-state index contributed by atoms with van der Waals surface area (Å²) in [5, 5.41) is 0. The second-order valence-electron chi connectivity index (χ2n) is 1.78. The van der Waals surface area contributed by atoms with E-state index in [1.165, 1.54) is 3.71 Å². The average molecular weight is 189 g/mol. The van der Waals surface area contributed by atoms with Crippen molar-refractivity contribution in [3.63, 3.8) is 0 Å². The molecule has 0 heterocycles. The van der Waals surface area contributed by atoms with E-state index in [9.17, 15) is 0 Å². The van der Waals surface area contributed by atoms with Crippen molar-refractivity contribution in [1.29, 1.82) is 0 Å². The normalized spacial score (nSPS) is 9.50. The monoisotopic (exact) mass is 189 g/mol. The van der Waals surface area contributed by atoms with E-state index >= 15 is 0 Å². The number of hydrogen-bond acceptors (Lipinski definition) is 4. The highest BCUT2D eigenvalue weighted by atomic mass is 32.2. The van der Waals surface area contributed by atoms with E-state index in [2.05, 4.69) is 38.3 Å². The van der Waals surface area contributed by atoms with E-state index in [-0.39, 0.29) is 0 Å². The molecule has 0 fully saturated rings. The maximum absolute atomic E-state index is 4.20. The molecular formula is C6H7NS3. The van der Waals surface area contributed by atoms with Crippen LogP contribution in [0.25, 0.3) is 0 Å². The van der Waals surface area contributed by atoms with Crippen LogP contribution in [-0.2, 0) is 0 Å². The fourth-order valence-electron chi connectivity index (χ4n) is 0.633. The van der Waals surface area contributed by atoms with Crippen LogP contribution < -0.4 is 3.71 Å². The van der Waals surface area contributed by atoms with Crippen LogP contribution in [0.3, 0.4) is 0 Å². The Kier molecular flexibility index (Phi) is 2.82. The molecule has 10 heavy (non-hydrogen) atoms. The predicted octanol–water partition coefficient (Wildman–Crippen LogP) is 2.47. The Bertz CT molecular complexity index is 224. The van der Waals surface area contributed by atoms with E-state index in [1.807, 2.05) is 24.3 Å². The Balaban J connectivity index is 3.03. The average Bonchev–Trinajstić information content (AvgIpc) is 1.88. The first kappa shape index (κ1) is 8.17. The maximum Gasteiger partial charge on any atom is 0.0721 e. The number of nitrogens with zero attached hydrogens (tertiary/aromatic N) is 1. The number of para-hydroxylation sites is 1. The quantitative estimate of drug-likeness (QED) is 0.572. The second kappa shape index (κ2) is 3.46. The Labute approximate surface area is 76.9 Å². The van der Waals surface area contributed by atoms with Crippen molar-refractivity contribution in [3.05, 3.63) is 24.3 Å². The van der Waals surface area contributed by atoms with Gasteiger partial charge in [0.25, 0.3) is 0 Å². The Morgan fingerprint density at radius 1 is 1.10 bits per heavy atom. The summed E-state index contributed by atoms with van der Waals surface area (Å²) in [6.07, 6.45) is 0. The number of benzene rings is 1. The molecule has 1 aromatic carbocycles. The van der Waals surface area contributed by atoms with Crippen LogP contribution in [0.15, 0.2) is 29.2 Å². The van der Waals surface area contributed by atoms with Crippen molar-refractivity contribution < 1.29 is 0 Å². The first-order chi connectivity index (χ1) is 4.72. The molecule has 0 radical (unpaired) electrons. The molecule has 1 rings (SSSR count). The Morgan fingerprint density at radius 3 is 2.10 bits per heavy atom. The van der Waals surface area contributed by atoms with Crippen LogP contribution in [0.4, 0.5) is 5.69 Å². The highest BCUT2D eigenvalue weighted by Crippen LogP contribution is 2.25. The molecule has 0 aliphatic rings. The minimum Gasteiger partial charge on any atom is -0.263 e. The fourth-order valence-corrected chi connectivity index (χ4v) is 1.40. The molecule has 0 spiro atoms. The number of hydrogen-bond donors (Lipinski definition) is 3. The van der Waals surface area contributed by atoms with Crippen molar-refractivity contribution in [2.24, 2.45) is 0 Å². The minimum absolute atomic E-state index is 0.868. The largest absolute Gasteiger partial charge is 0.263 e. The van der Waals surface area contributed by atoms with Gasteiger partial charge in [-0.05, 0) is 12.1 Å². The van der Waals surface area contributed by atoms with Gasteiger partial charge in [-0.3, -0.25) is 3.71 Å². The van der Waals surface area contributed by atoms with E-state index in [0.717, 1.165) is 10.6 Å². The van der Waals surface area contributed by atoms with Crippen LogP contribution in [-0.4, -0.2) is 0 Å². The standard InChI is InChI=1S/C6H7NS3/c8-6-4-2-1-3-5(6)7(9)10/h1-4,8-10H. The number of anilines is 1. The van der Waals surface area contributed by atoms with Gasteiger partial charge in [-0.1, -0.05) is 37.8 Å². The van der Waals surface area contributed by atoms with Gasteiger partial charge in [-0.25, -0.2) is 0 Å². The molecule has 0 saturated heterocycles. The molecule has 54 valence electrons. The van der Waals surface area contributed by atoms with E-state index in [4.69, 9.17) is 0 Å². The fraction of sp³-hybridized carbons (Fsp3) is 0. The van der Waals surface area contributed by atoms with Gasteiger partial charge in [0, 0.05) is 4.90 Å². The lowest BCUT2D eigenvalue weighted by molar-refractivity contribution is 1.44. The maximum atomic E-state index is 4.20. The first-order valence-electron chi connectivity index (χ1n) is 2.67. The zero-order valence-corrected chi connectivity index (χ0v) is 7.78. The summed E-state index contributed by atoms with van der Waals surface area (Å²) in [5.41, 5.74) is 0.887. The zero-order chi connectivity index (χ0) is 7.56. The molecule has 0 aromatic heterocycles. The summed E-state index contributed by atoms with van der Waals surface area (Å²) in [6, 6.07) is 7.60. The second-order valence-corrected chi connectivity index (χ2v) is 3.38. The van der Waals surface area contributed by atoms with E-state index in [0.29, 0.717) is 0 Å². The summed E-state index contributed by atoms with van der Waals surface area (Å²) < 4.78 is 1.43. The van der Waals surface area contributed by atoms with Gasteiger partial charge < -0.3 is 0 Å². The number of rotatable bonds is 1. The van der Waals surface area contributed by atoms with Crippen LogP contribution >= 0.6 is 38.3 Å². The molecule has 0 N–H and O–H groups in total. The van der Waals surface area contributed by atoms with Gasteiger partial charge in [0.2, 0.25) is 0 Å². The Morgan fingerprint density at radius 2 is 1.70 bits per heavy atom. The summed E-state index contributed by atoms with van der Waals surface area (Å²) in [5.74, 6) is 0. The van der Waals surface area contributed by atoms with Crippen molar-refractivity contribution in [2.75, 3.05) is 3.71 Å². The minimum atomic E-state index is 0.868. The first-order valence-corrected chi connectivity index (χ1v) is 3.92. The molecular weight excluding hydrogens is 182 g/mol. The van der Waals surface area contributed by atoms with Crippen LogP contribution in [0.5, 0.6) is 0 Å². The molecule has 1 aromatic rings. The highest BCUT2D eigenvalue weighted by molar-refractivity contribution is 8.00. The molecule has 0 amide bonds. The summed E-state index contributed by atoms with van der Waals surface area (Å²) in [7, 11) is 0. The molecule has 0 saturated carbocycles. The summed E-state index contributed by atoms with van der Waals surface area (Å²) >= 11 is 12.2. The van der Waals surface area contributed by atoms with Crippen LogP contribution in [0.2, 0.25) is 0 Å². The lowest BCUT2D eigenvalue weighted by Gasteiger charge is -2.10. The molecule has 0 aliphatic heterocycles. The van der Waals surface area contributed by atoms with Gasteiger partial charge >= 0.3 is 0 Å². The van der Waals surface area contributed by atoms with E-state index in [1.54, 1.807) is 0 Å². The van der Waals surface area contributed by atoms with Crippen molar-refractivity contribution in [3.8, 4) is 0 Å². The predicted molar refractivity (Wildman–Crippen MR) is 54.1 cm³/mol. The third-order valence-electron chi connectivity index (χ3n) is 1.10. The van der Waals surface area contributed by atoms with E-state index < -0.39 is 0 Å². The van der Waals surface area contributed by atoms with Gasteiger partial charge in [-0.2, -0.15) is 0 Å². The molecule has 4 heteroatoms. The Hall–Kier alpha value is 0.0700. The van der Waals surface area contributed by atoms with Gasteiger partial charge in [0.15, 0.2) is 0 Å². The molecule has 0 bridgehead atoms.